The fourth-order valence-corrected chi connectivity index (χ4v) is 5.76. The number of aromatic nitrogens is 1. The number of methoxy groups -OCH3 is 2. The molecule has 1 aromatic heterocycles. The number of hydrogen-bond donors (Lipinski definition) is 1. The number of carbonyl (C=O) groups excluding carboxylic acids is 1. The van der Waals surface area contributed by atoms with Crippen LogP contribution in [0.2, 0.25) is 0 Å². The first-order valence-electron chi connectivity index (χ1n) is 14.3. The van der Waals surface area contributed by atoms with Crippen molar-refractivity contribution in [1.82, 2.24) is 9.88 Å². The van der Waals surface area contributed by atoms with Crippen molar-refractivity contribution in [3.8, 4) is 11.5 Å². The summed E-state index contributed by atoms with van der Waals surface area (Å²) in [5.41, 5.74) is 5.78. The molecule has 0 aliphatic rings. The van der Waals surface area contributed by atoms with Gasteiger partial charge in [-0.1, -0.05) is 78.9 Å². The van der Waals surface area contributed by atoms with E-state index in [1.165, 1.54) is 16.6 Å². The third-order valence-corrected chi connectivity index (χ3v) is 7.86. The molecule has 0 aliphatic carbocycles. The smallest absolute Gasteiger partial charge is 0.220 e. The molecule has 5 heteroatoms. The predicted octanol–water partition coefficient (Wildman–Crippen LogP) is 7.54. The van der Waals surface area contributed by atoms with E-state index in [4.69, 9.17) is 9.47 Å². The van der Waals surface area contributed by atoms with E-state index in [0.29, 0.717) is 24.5 Å². The molecule has 4 aromatic carbocycles. The standard InChI is InChI=1S/C36H38N2O3/c1-4-38-25-34(32-17-11-12-18-35(32)38)33(28-21-29(40-2)23-30(22-28)41-3)24-36(39)37-20-19-31(26-13-7-5-8-14-26)27-15-9-6-10-16-27/h5-18,21-23,25,31,33H,4,19-20,24H2,1-3H3,(H,37,39)/t33-/m1/s1. The van der Waals surface area contributed by atoms with Gasteiger partial charge in [0.05, 0.1) is 14.2 Å². The summed E-state index contributed by atoms with van der Waals surface area (Å²) in [6, 6.07) is 35.3. The second-order valence-electron chi connectivity index (χ2n) is 10.3. The Morgan fingerprint density at radius 3 is 1.93 bits per heavy atom. The van der Waals surface area contributed by atoms with E-state index >= 15 is 0 Å². The molecule has 1 atom stereocenters. The Morgan fingerprint density at radius 1 is 0.756 bits per heavy atom. The quantitative estimate of drug-likeness (QED) is 0.176. The zero-order valence-corrected chi connectivity index (χ0v) is 24.0. The maximum absolute atomic E-state index is 13.6. The van der Waals surface area contributed by atoms with Crippen molar-refractivity contribution in [2.24, 2.45) is 0 Å². The molecular weight excluding hydrogens is 508 g/mol. The SMILES string of the molecule is CCn1cc([C@H](CC(=O)NCCC(c2ccccc2)c2ccccc2)c2cc(OC)cc(OC)c2)c2ccccc21. The highest BCUT2D eigenvalue weighted by molar-refractivity contribution is 5.86. The Kier molecular flexibility index (Phi) is 9.05. The van der Waals surface area contributed by atoms with Crippen LogP contribution in [0.3, 0.4) is 0 Å². The molecule has 1 amide bonds. The average Bonchev–Trinajstić information content (AvgIpc) is 3.41. The third-order valence-electron chi connectivity index (χ3n) is 7.86. The van der Waals surface area contributed by atoms with Crippen LogP contribution >= 0.6 is 0 Å². The van der Waals surface area contributed by atoms with E-state index < -0.39 is 0 Å². The monoisotopic (exact) mass is 546 g/mol. The number of fused-ring (bicyclic) bond motifs is 1. The van der Waals surface area contributed by atoms with Crippen molar-refractivity contribution in [2.75, 3.05) is 20.8 Å². The number of para-hydroxylation sites is 1. The molecule has 0 unspecified atom stereocenters. The van der Waals surface area contributed by atoms with Crippen LogP contribution in [0.5, 0.6) is 11.5 Å². The van der Waals surface area contributed by atoms with Gasteiger partial charge in [-0.3, -0.25) is 4.79 Å². The molecule has 0 fully saturated rings. The summed E-state index contributed by atoms with van der Waals surface area (Å²) >= 11 is 0. The minimum atomic E-state index is -0.171. The first-order valence-corrected chi connectivity index (χ1v) is 14.3. The zero-order chi connectivity index (χ0) is 28.6. The van der Waals surface area contributed by atoms with Crippen LogP contribution in [-0.2, 0) is 11.3 Å². The topological polar surface area (TPSA) is 52.5 Å². The van der Waals surface area contributed by atoms with Gasteiger partial charge in [0, 0.05) is 54.5 Å². The fourth-order valence-electron chi connectivity index (χ4n) is 5.76. The average molecular weight is 547 g/mol. The third kappa shape index (κ3) is 6.46. The van der Waals surface area contributed by atoms with Gasteiger partial charge in [0.1, 0.15) is 11.5 Å². The summed E-state index contributed by atoms with van der Waals surface area (Å²) in [6.45, 7) is 3.57. The number of rotatable bonds is 12. The van der Waals surface area contributed by atoms with E-state index in [1.54, 1.807) is 14.2 Å². The van der Waals surface area contributed by atoms with Crippen molar-refractivity contribution in [1.29, 1.82) is 0 Å². The summed E-state index contributed by atoms with van der Waals surface area (Å²) in [6.07, 6.45) is 3.32. The van der Waals surface area contributed by atoms with Crippen molar-refractivity contribution in [3.05, 3.63) is 132 Å². The van der Waals surface area contributed by atoms with Crippen LogP contribution in [-0.4, -0.2) is 31.2 Å². The van der Waals surface area contributed by atoms with Crippen LogP contribution in [0.25, 0.3) is 10.9 Å². The molecule has 0 saturated heterocycles. The van der Waals surface area contributed by atoms with Crippen LogP contribution in [0.15, 0.2) is 109 Å². The normalized spacial score (nSPS) is 11.9. The molecule has 1 N–H and O–H groups in total. The van der Waals surface area contributed by atoms with Gasteiger partial charge in [-0.05, 0) is 53.8 Å². The summed E-state index contributed by atoms with van der Waals surface area (Å²) < 4.78 is 13.4. The van der Waals surface area contributed by atoms with E-state index in [-0.39, 0.29) is 17.7 Å². The zero-order valence-electron chi connectivity index (χ0n) is 24.0. The fraction of sp³-hybridized carbons (Fsp3) is 0.250. The van der Waals surface area contributed by atoms with E-state index in [2.05, 4.69) is 95.8 Å². The second kappa shape index (κ2) is 13.2. The Balaban J connectivity index is 1.41. The minimum absolute atomic E-state index is 0.0185. The van der Waals surface area contributed by atoms with E-state index in [1.807, 2.05) is 30.3 Å². The largest absolute Gasteiger partial charge is 0.497 e. The lowest BCUT2D eigenvalue weighted by Gasteiger charge is -2.21. The highest BCUT2D eigenvalue weighted by atomic mass is 16.5. The lowest BCUT2D eigenvalue weighted by atomic mass is 9.87. The molecule has 5 rings (SSSR count). The summed E-state index contributed by atoms with van der Waals surface area (Å²) in [5.74, 6) is 1.47. The molecule has 41 heavy (non-hydrogen) atoms. The maximum Gasteiger partial charge on any atom is 0.220 e. The molecule has 5 aromatic rings. The van der Waals surface area contributed by atoms with Gasteiger partial charge in [0.25, 0.3) is 0 Å². The van der Waals surface area contributed by atoms with Gasteiger partial charge in [-0.15, -0.1) is 0 Å². The van der Waals surface area contributed by atoms with Crippen molar-refractivity contribution in [2.45, 2.75) is 38.1 Å². The van der Waals surface area contributed by atoms with Crippen molar-refractivity contribution in [3.63, 3.8) is 0 Å². The Labute approximate surface area is 242 Å². The number of nitrogens with zero attached hydrogens (tertiary/aromatic N) is 1. The Morgan fingerprint density at radius 2 is 1.34 bits per heavy atom. The number of amides is 1. The number of ether oxygens (including phenoxy) is 2. The molecular formula is C36H38N2O3. The molecule has 210 valence electrons. The van der Waals surface area contributed by atoms with Gasteiger partial charge in [0.2, 0.25) is 5.91 Å². The number of nitrogens with one attached hydrogen (secondary N) is 1. The lowest BCUT2D eigenvalue weighted by Crippen LogP contribution is -2.27. The van der Waals surface area contributed by atoms with Crippen molar-refractivity contribution >= 4 is 16.8 Å². The maximum atomic E-state index is 13.6. The van der Waals surface area contributed by atoms with Crippen molar-refractivity contribution < 1.29 is 14.3 Å². The van der Waals surface area contributed by atoms with Gasteiger partial charge in [-0.25, -0.2) is 0 Å². The number of hydrogen-bond acceptors (Lipinski definition) is 3. The highest BCUT2D eigenvalue weighted by Crippen LogP contribution is 2.38. The number of carbonyl (C=O) groups is 1. The van der Waals surface area contributed by atoms with Crippen LogP contribution < -0.4 is 14.8 Å². The molecule has 5 nitrogen and oxygen atoms in total. The van der Waals surface area contributed by atoms with E-state index in [0.717, 1.165) is 29.5 Å². The van der Waals surface area contributed by atoms with Gasteiger partial charge in [-0.2, -0.15) is 0 Å². The lowest BCUT2D eigenvalue weighted by molar-refractivity contribution is -0.121. The van der Waals surface area contributed by atoms with Gasteiger partial charge < -0.3 is 19.4 Å². The van der Waals surface area contributed by atoms with Crippen LogP contribution in [0.4, 0.5) is 0 Å². The molecule has 0 bridgehead atoms. The Hall–Kier alpha value is -4.51. The summed E-state index contributed by atoms with van der Waals surface area (Å²) in [7, 11) is 3.30. The minimum Gasteiger partial charge on any atom is -0.497 e. The summed E-state index contributed by atoms with van der Waals surface area (Å²) in [4.78, 5) is 13.6. The number of aryl methyl sites for hydroxylation is 1. The number of benzene rings is 4. The first-order chi connectivity index (χ1) is 20.1. The van der Waals surface area contributed by atoms with Gasteiger partial charge >= 0.3 is 0 Å². The van der Waals surface area contributed by atoms with Gasteiger partial charge in [0.15, 0.2) is 0 Å². The summed E-state index contributed by atoms with van der Waals surface area (Å²) in [5, 5.41) is 4.40. The first kappa shape index (κ1) is 28.0. The predicted molar refractivity (Wildman–Crippen MR) is 166 cm³/mol. The molecule has 0 saturated carbocycles. The van der Waals surface area contributed by atoms with E-state index in [9.17, 15) is 4.79 Å². The molecule has 0 radical (unpaired) electrons. The molecule has 0 spiro atoms. The molecule has 0 aliphatic heterocycles. The molecule has 1 heterocycles. The highest BCUT2D eigenvalue weighted by Gasteiger charge is 2.24. The van der Waals surface area contributed by atoms with Crippen LogP contribution in [0, 0.1) is 0 Å². The Bertz CT molecular complexity index is 1520. The second-order valence-corrected chi connectivity index (χ2v) is 10.3. The van der Waals surface area contributed by atoms with Crippen LogP contribution in [0.1, 0.15) is 53.9 Å².